The second-order valence-corrected chi connectivity index (χ2v) is 5.04. The molecule has 0 aliphatic carbocycles. The highest BCUT2D eigenvalue weighted by Gasteiger charge is 2.26. The van der Waals surface area contributed by atoms with Crippen molar-refractivity contribution in [3.63, 3.8) is 0 Å². The van der Waals surface area contributed by atoms with Crippen LogP contribution in [-0.4, -0.2) is 31.3 Å². The van der Waals surface area contributed by atoms with Crippen molar-refractivity contribution in [2.75, 3.05) is 0 Å². The van der Waals surface area contributed by atoms with Gasteiger partial charge in [-0.05, 0) is 26.0 Å². The van der Waals surface area contributed by atoms with Crippen LogP contribution in [0.4, 0.5) is 0 Å². The molecule has 0 radical (unpaired) electrons. The van der Waals surface area contributed by atoms with Crippen molar-refractivity contribution in [3.8, 4) is 5.69 Å². The predicted molar refractivity (Wildman–Crippen MR) is 80.8 cm³/mol. The summed E-state index contributed by atoms with van der Waals surface area (Å²) in [7, 11) is 0. The smallest absolute Gasteiger partial charge is 0.166 e. The Morgan fingerprint density at radius 1 is 1.05 bits per heavy atom. The number of carbonyl (C=O) groups is 2. The number of hydrogen-bond donors (Lipinski definition) is 0. The summed E-state index contributed by atoms with van der Waals surface area (Å²) in [6.45, 7) is 2.78. The highest BCUT2D eigenvalue weighted by atomic mass is 16.1. The van der Waals surface area contributed by atoms with Crippen molar-refractivity contribution in [1.29, 1.82) is 0 Å². The van der Waals surface area contributed by atoms with E-state index in [1.807, 2.05) is 30.3 Å². The molecular weight excluding hydrogens is 280 g/mol. The molecule has 0 saturated carbocycles. The quantitative estimate of drug-likeness (QED) is 0.688. The van der Waals surface area contributed by atoms with Crippen LogP contribution in [0.1, 0.15) is 25.5 Å². The highest BCUT2D eigenvalue weighted by Crippen LogP contribution is 2.25. The molecule has 0 aliphatic heterocycles. The zero-order chi connectivity index (χ0) is 15.7. The lowest BCUT2D eigenvalue weighted by Gasteiger charge is -2.10. The van der Waals surface area contributed by atoms with Crippen LogP contribution in [0.2, 0.25) is 0 Å². The summed E-state index contributed by atoms with van der Waals surface area (Å²) in [6, 6.07) is 9.53. The SMILES string of the molecule is CC(=O)C(C(C)=O)c1ncnc2c1cnn2-c1ccccc1. The van der Waals surface area contributed by atoms with Gasteiger partial charge in [0.1, 0.15) is 23.8 Å². The van der Waals surface area contributed by atoms with Crippen LogP contribution >= 0.6 is 0 Å². The minimum absolute atomic E-state index is 0.236. The molecule has 22 heavy (non-hydrogen) atoms. The van der Waals surface area contributed by atoms with Gasteiger partial charge in [-0.2, -0.15) is 5.10 Å². The van der Waals surface area contributed by atoms with Crippen molar-refractivity contribution in [1.82, 2.24) is 19.7 Å². The summed E-state index contributed by atoms with van der Waals surface area (Å²) in [5.41, 5.74) is 1.83. The van der Waals surface area contributed by atoms with Crippen molar-refractivity contribution in [2.24, 2.45) is 0 Å². The van der Waals surface area contributed by atoms with Crippen LogP contribution in [0.15, 0.2) is 42.9 Å². The number of aromatic nitrogens is 4. The highest BCUT2D eigenvalue weighted by molar-refractivity contribution is 6.07. The topological polar surface area (TPSA) is 77.7 Å². The molecule has 6 nitrogen and oxygen atoms in total. The van der Waals surface area contributed by atoms with Gasteiger partial charge in [0, 0.05) is 0 Å². The molecule has 110 valence electrons. The molecule has 0 unspecified atom stereocenters. The van der Waals surface area contributed by atoms with Gasteiger partial charge in [-0.15, -0.1) is 0 Å². The zero-order valence-corrected chi connectivity index (χ0v) is 12.2. The molecule has 0 aliphatic rings. The van der Waals surface area contributed by atoms with E-state index in [-0.39, 0.29) is 11.6 Å². The predicted octanol–water partition coefficient (Wildman–Crippen LogP) is 2.08. The minimum Gasteiger partial charge on any atom is -0.299 e. The number of rotatable bonds is 4. The lowest BCUT2D eigenvalue weighted by Crippen LogP contribution is -2.18. The second kappa shape index (κ2) is 5.48. The Morgan fingerprint density at radius 2 is 1.73 bits per heavy atom. The maximum Gasteiger partial charge on any atom is 0.166 e. The Balaban J connectivity index is 2.22. The Bertz CT molecular complexity index is 841. The van der Waals surface area contributed by atoms with E-state index in [2.05, 4.69) is 15.1 Å². The number of hydrogen-bond acceptors (Lipinski definition) is 5. The lowest BCUT2D eigenvalue weighted by atomic mass is 9.95. The monoisotopic (exact) mass is 294 g/mol. The number of carbonyl (C=O) groups excluding carboxylic acids is 2. The first kappa shape index (κ1) is 14.1. The Kier molecular flexibility index (Phi) is 3.50. The van der Waals surface area contributed by atoms with E-state index in [1.165, 1.54) is 20.2 Å². The van der Waals surface area contributed by atoms with E-state index in [0.717, 1.165) is 5.69 Å². The van der Waals surface area contributed by atoms with Crippen LogP contribution < -0.4 is 0 Å². The van der Waals surface area contributed by atoms with Crippen LogP contribution in [0.25, 0.3) is 16.7 Å². The van der Waals surface area contributed by atoms with Gasteiger partial charge in [0.05, 0.1) is 23.0 Å². The molecule has 0 amide bonds. The van der Waals surface area contributed by atoms with Crippen LogP contribution in [0, 0.1) is 0 Å². The van der Waals surface area contributed by atoms with Gasteiger partial charge in [-0.25, -0.2) is 14.6 Å². The van der Waals surface area contributed by atoms with Crippen LogP contribution in [0.3, 0.4) is 0 Å². The van der Waals surface area contributed by atoms with Crippen molar-refractivity contribution >= 4 is 22.6 Å². The fourth-order valence-corrected chi connectivity index (χ4v) is 2.52. The Hall–Kier alpha value is -2.89. The number of para-hydroxylation sites is 1. The van der Waals surface area contributed by atoms with Crippen LogP contribution in [0.5, 0.6) is 0 Å². The third-order valence-electron chi connectivity index (χ3n) is 3.48. The molecule has 2 aromatic heterocycles. The molecule has 0 fully saturated rings. The molecule has 0 bridgehead atoms. The Labute approximate surface area is 126 Å². The van der Waals surface area contributed by atoms with Crippen molar-refractivity contribution in [2.45, 2.75) is 19.8 Å². The van der Waals surface area contributed by atoms with Crippen LogP contribution in [-0.2, 0) is 9.59 Å². The minimum atomic E-state index is -0.876. The van der Waals surface area contributed by atoms with E-state index >= 15 is 0 Å². The molecule has 0 N–H and O–H groups in total. The fourth-order valence-electron chi connectivity index (χ4n) is 2.52. The van der Waals surface area contributed by atoms with E-state index in [1.54, 1.807) is 10.9 Å². The van der Waals surface area contributed by atoms with Gasteiger partial charge >= 0.3 is 0 Å². The lowest BCUT2D eigenvalue weighted by molar-refractivity contribution is -0.126. The first-order chi connectivity index (χ1) is 10.6. The number of benzene rings is 1. The average molecular weight is 294 g/mol. The van der Waals surface area contributed by atoms with Gasteiger partial charge in [0.15, 0.2) is 5.65 Å². The molecule has 3 aromatic rings. The van der Waals surface area contributed by atoms with Gasteiger partial charge in [0.25, 0.3) is 0 Å². The third kappa shape index (κ3) is 2.28. The molecule has 3 rings (SSSR count). The summed E-state index contributed by atoms with van der Waals surface area (Å²) in [5.74, 6) is -1.35. The zero-order valence-electron chi connectivity index (χ0n) is 12.2. The number of ketones is 2. The van der Waals surface area contributed by atoms with E-state index < -0.39 is 5.92 Å². The first-order valence-corrected chi connectivity index (χ1v) is 6.84. The number of nitrogens with zero attached hydrogens (tertiary/aromatic N) is 4. The maximum atomic E-state index is 11.8. The molecule has 0 spiro atoms. The molecule has 2 heterocycles. The molecule has 0 saturated heterocycles. The molecular formula is C16H14N4O2. The van der Waals surface area contributed by atoms with E-state index in [4.69, 9.17) is 0 Å². The summed E-state index contributed by atoms with van der Waals surface area (Å²) in [5, 5.41) is 4.93. The summed E-state index contributed by atoms with van der Waals surface area (Å²) < 4.78 is 1.66. The van der Waals surface area contributed by atoms with Gasteiger partial charge in [-0.3, -0.25) is 9.59 Å². The largest absolute Gasteiger partial charge is 0.299 e. The second-order valence-electron chi connectivity index (χ2n) is 5.04. The summed E-state index contributed by atoms with van der Waals surface area (Å²) in [6.07, 6.45) is 2.95. The third-order valence-corrected chi connectivity index (χ3v) is 3.48. The van der Waals surface area contributed by atoms with Gasteiger partial charge in [-0.1, -0.05) is 18.2 Å². The standard InChI is InChI=1S/C16H14N4O2/c1-10(21)14(11(2)22)15-13-8-19-20(16(13)18-9-17-15)12-6-4-3-5-7-12/h3-9,14H,1-2H3. The fraction of sp³-hybridized carbons (Fsp3) is 0.188. The van der Waals surface area contributed by atoms with Gasteiger partial charge < -0.3 is 0 Å². The summed E-state index contributed by atoms with van der Waals surface area (Å²) >= 11 is 0. The van der Waals surface area contributed by atoms with Gasteiger partial charge in [0.2, 0.25) is 0 Å². The van der Waals surface area contributed by atoms with E-state index in [0.29, 0.717) is 16.7 Å². The first-order valence-electron chi connectivity index (χ1n) is 6.84. The molecule has 6 heteroatoms. The normalized spacial score (nSPS) is 11.0. The van der Waals surface area contributed by atoms with E-state index in [9.17, 15) is 9.59 Å². The molecule has 0 atom stereocenters. The van der Waals surface area contributed by atoms with Crippen molar-refractivity contribution < 1.29 is 9.59 Å². The maximum absolute atomic E-state index is 11.8. The number of Topliss-reactive ketones (excluding diaryl/α,β-unsaturated/α-hetero) is 2. The number of fused-ring (bicyclic) bond motifs is 1. The Morgan fingerprint density at radius 3 is 2.36 bits per heavy atom. The van der Waals surface area contributed by atoms with Crippen molar-refractivity contribution in [3.05, 3.63) is 48.5 Å². The summed E-state index contributed by atoms with van der Waals surface area (Å²) in [4.78, 5) is 32.0. The molecule has 1 aromatic carbocycles. The average Bonchev–Trinajstić information content (AvgIpc) is 2.92.